The first kappa shape index (κ1) is 20.0. The lowest BCUT2D eigenvalue weighted by atomic mass is 10.1. The first-order valence-corrected chi connectivity index (χ1v) is 9.53. The third-order valence-electron chi connectivity index (χ3n) is 5.23. The van der Waals surface area contributed by atoms with Gasteiger partial charge in [0.05, 0.1) is 0 Å². The van der Waals surface area contributed by atoms with Crippen molar-refractivity contribution in [1.82, 2.24) is 9.80 Å². The number of hydrogen-bond donors (Lipinski definition) is 1. The van der Waals surface area contributed by atoms with Gasteiger partial charge in [0.1, 0.15) is 12.2 Å². The fourth-order valence-electron chi connectivity index (χ4n) is 3.33. The van der Waals surface area contributed by atoms with Crippen molar-refractivity contribution >= 4 is 17.5 Å². The summed E-state index contributed by atoms with van der Waals surface area (Å²) in [7, 11) is 0. The molecule has 0 spiro atoms. The van der Waals surface area contributed by atoms with Gasteiger partial charge >= 0.3 is 0 Å². The van der Waals surface area contributed by atoms with E-state index in [-0.39, 0.29) is 24.1 Å². The van der Waals surface area contributed by atoms with Gasteiger partial charge in [0, 0.05) is 38.4 Å². The Morgan fingerprint density at radius 1 is 1.00 bits per heavy atom. The normalized spacial score (nSPS) is 14.8. The maximum Gasteiger partial charge on any atom is 0.233 e. The van der Waals surface area contributed by atoms with E-state index in [1.54, 1.807) is 17.0 Å². The summed E-state index contributed by atoms with van der Waals surface area (Å²) in [4.78, 5) is 28.7. The average molecular weight is 383 g/mol. The second kappa shape index (κ2) is 8.97. The molecule has 5 nitrogen and oxygen atoms in total. The smallest absolute Gasteiger partial charge is 0.233 e. The van der Waals surface area contributed by atoms with Gasteiger partial charge < -0.3 is 10.2 Å². The maximum absolute atomic E-state index is 13.0. The third kappa shape index (κ3) is 5.16. The van der Waals surface area contributed by atoms with Crippen LogP contribution in [0.2, 0.25) is 0 Å². The van der Waals surface area contributed by atoms with Gasteiger partial charge in [-0.3, -0.25) is 14.5 Å². The molecule has 0 aromatic heterocycles. The van der Waals surface area contributed by atoms with Crippen LogP contribution in [0.15, 0.2) is 42.5 Å². The molecule has 0 saturated carbocycles. The SMILES string of the molecule is Cc1cccc(NC(=O)CC(=O)N2CCN(Cc3ccc(F)cc3)CC2)c1C. The zero-order valence-corrected chi connectivity index (χ0v) is 16.4. The largest absolute Gasteiger partial charge is 0.340 e. The molecule has 1 aliphatic rings. The molecule has 148 valence electrons. The lowest BCUT2D eigenvalue weighted by Crippen LogP contribution is -2.48. The van der Waals surface area contributed by atoms with Crippen molar-refractivity contribution in [3.05, 3.63) is 65.0 Å². The highest BCUT2D eigenvalue weighted by Gasteiger charge is 2.23. The number of benzene rings is 2. The van der Waals surface area contributed by atoms with Gasteiger partial charge in [-0.15, -0.1) is 0 Å². The molecule has 0 atom stereocenters. The Balaban J connectivity index is 1.46. The van der Waals surface area contributed by atoms with Gasteiger partial charge in [0.25, 0.3) is 0 Å². The zero-order chi connectivity index (χ0) is 20.1. The number of rotatable bonds is 5. The minimum Gasteiger partial charge on any atom is -0.340 e. The molecular formula is C22H26FN3O2. The first-order valence-electron chi connectivity index (χ1n) is 9.53. The van der Waals surface area contributed by atoms with Crippen LogP contribution in [0.3, 0.4) is 0 Å². The topological polar surface area (TPSA) is 52.7 Å². The van der Waals surface area contributed by atoms with Crippen molar-refractivity contribution < 1.29 is 14.0 Å². The number of carbonyl (C=O) groups is 2. The second-order valence-electron chi connectivity index (χ2n) is 7.26. The molecule has 6 heteroatoms. The third-order valence-corrected chi connectivity index (χ3v) is 5.23. The quantitative estimate of drug-likeness (QED) is 0.807. The summed E-state index contributed by atoms with van der Waals surface area (Å²) in [5, 5.41) is 2.84. The van der Waals surface area contributed by atoms with Gasteiger partial charge in [-0.25, -0.2) is 4.39 Å². The Morgan fingerprint density at radius 2 is 1.68 bits per heavy atom. The molecule has 0 unspecified atom stereocenters. The lowest BCUT2D eigenvalue weighted by molar-refractivity contribution is -0.136. The number of amides is 2. The number of nitrogens with zero attached hydrogens (tertiary/aromatic N) is 2. The number of carbonyl (C=O) groups excluding carboxylic acids is 2. The Labute approximate surface area is 165 Å². The average Bonchev–Trinajstić information content (AvgIpc) is 2.68. The van der Waals surface area contributed by atoms with Gasteiger partial charge in [-0.2, -0.15) is 0 Å². The van der Waals surface area contributed by atoms with Crippen molar-refractivity contribution in [2.24, 2.45) is 0 Å². The number of nitrogens with one attached hydrogen (secondary N) is 1. The minimum atomic E-state index is -0.285. The Hall–Kier alpha value is -2.73. The van der Waals surface area contributed by atoms with Crippen LogP contribution in [0.4, 0.5) is 10.1 Å². The standard InChI is InChI=1S/C22H26FN3O2/c1-16-4-3-5-20(17(16)2)24-21(27)14-22(28)26-12-10-25(11-13-26)15-18-6-8-19(23)9-7-18/h3-9H,10-15H2,1-2H3,(H,24,27). The van der Waals surface area contributed by atoms with Gasteiger partial charge in [-0.05, 0) is 48.7 Å². The monoisotopic (exact) mass is 383 g/mol. The number of anilines is 1. The molecule has 0 bridgehead atoms. The molecule has 1 fully saturated rings. The van der Waals surface area contributed by atoms with Crippen molar-refractivity contribution in [2.75, 3.05) is 31.5 Å². The van der Waals surface area contributed by atoms with Crippen LogP contribution >= 0.6 is 0 Å². The summed E-state index contributed by atoms with van der Waals surface area (Å²) in [5.74, 6) is -0.671. The molecule has 28 heavy (non-hydrogen) atoms. The van der Waals surface area contributed by atoms with E-state index < -0.39 is 0 Å². The Kier molecular flexibility index (Phi) is 6.41. The lowest BCUT2D eigenvalue weighted by Gasteiger charge is -2.34. The first-order chi connectivity index (χ1) is 13.4. The summed E-state index contributed by atoms with van der Waals surface area (Å²) in [6.07, 6.45) is -0.147. The molecule has 2 amide bonds. The van der Waals surface area contributed by atoms with Crippen LogP contribution in [0.1, 0.15) is 23.1 Å². The zero-order valence-electron chi connectivity index (χ0n) is 16.4. The molecule has 1 heterocycles. The van der Waals surface area contributed by atoms with E-state index in [9.17, 15) is 14.0 Å². The van der Waals surface area contributed by atoms with Crippen LogP contribution in [-0.4, -0.2) is 47.8 Å². The van der Waals surface area contributed by atoms with Crippen LogP contribution in [0, 0.1) is 19.7 Å². The molecule has 2 aromatic rings. The fourth-order valence-corrected chi connectivity index (χ4v) is 3.33. The summed E-state index contributed by atoms with van der Waals surface area (Å²) in [6, 6.07) is 12.2. The minimum absolute atomic E-state index is 0.147. The molecule has 1 saturated heterocycles. The van der Waals surface area contributed by atoms with Crippen molar-refractivity contribution in [3.8, 4) is 0 Å². The van der Waals surface area contributed by atoms with E-state index in [0.29, 0.717) is 13.1 Å². The van der Waals surface area contributed by atoms with Crippen molar-refractivity contribution in [2.45, 2.75) is 26.8 Å². The van der Waals surface area contributed by atoms with Crippen molar-refractivity contribution in [1.29, 1.82) is 0 Å². The van der Waals surface area contributed by atoms with E-state index in [2.05, 4.69) is 10.2 Å². The summed E-state index contributed by atoms with van der Waals surface area (Å²) < 4.78 is 13.0. The highest BCUT2D eigenvalue weighted by Crippen LogP contribution is 2.18. The molecular weight excluding hydrogens is 357 g/mol. The summed E-state index contributed by atoms with van der Waals surface area (Å²) in [5.41, 5.74) is 3.91. The fraction of sp³-hybridized carbons (Fsp3) is 0.364. The highest BCUT2D eigenvalue weighted by molar-refractivity contribution is 6.03. The molecule has 2 aromatic carbocycles. The second-order valence-corrected chi connectivity index (χ2v) is 7.26. The predicted octanol–water partition coefficient (Wildman–Crippen LogP) is 3.12. The molecule has 3 rings (SSSR count). The van der Waals surface area contributed by atoms with Gasteiger partial charge in [-0.1, -0.05) is 24.3 Å². The Morgan fingerprint density at radius 3 is 2.36 bits per heavy atom. The number of hydrogen-bond acceptors (Lipinski definition) is 3. The molecule has 1 N–H and O–H groups in total. The van der Waals surface area contributed by atoms with E-state index in [1.165, 1.54) is 12.1 Å². The molecule has 0 aliphatic carbocycles. The Bertz CT molecular complexity index is 843. The van der Waals surface area contributed by atoms with Gasteiger partial charge in [0.2, 0.25) is 11.8 Å². The number of piperazine rings is 1. The summed E-state index contributed by atoms with van der Waals surface area (Å²) >= 11 is 0. The van der Waals surface area contributed by atoms with E-state index in [1.807, 2.05) is 32.0 Å². The van der Waals surface area contributed by atoms with Crippen LogP contribution in [-0.2, 0) is 16.1 Å². The predicted molar refractivity (Wildman–Crippen MR) is 107 cm³/mol. The van der Waals surface area contributed by atoms with Crippen molar-refractivity contribution in [3.63, 3.8) is 0 Å². The van der Waals surface area contributed by atoms with Crippen LogP contribution in [0.25, 0.3) is 0 Å². The van der Waals surface area contributed by atoms with E-state index in [0.717, 1.165) is 42.0 Å². The maximum atomic E-state index is 13.0. The molecule has 0 radical (unpaired) electrons. The molecule has 1 aliphatic heterocycles. The van der Waals surface area contributed by atoms with Crippen LogP contribution in [0.5, 0.6) is 0 Å². The number of aryl methyl sites for hydroxylation is 1. The van der Waals surface area contributed by atoms with E-state index in [4.69, 9.17) is 0 Å². The van der Waals surface area contributed by atoms with Crippen LogP contribution < -0.4 is 5.32 Å². The highest BCUT2D eigenvalue weighted by atomic mass is 19.1. The van der Waals surface area contributed by atoms with Gasteiger partial charge in [0.15, 0.2) is 0 Å². The van der Waals surface area contributed by atoms with E-state index >= 15 is 0 Å². The number of halogens is 1. The summed E-state index contributed by atoms with van der Waals surface area (Å²) in [6.45, 7) is 7.33.